The normalized spacial score (nSPS) is 16.5. The van der Waals surface area contributed by atoms with Crippen LogP contribution in [0, 0.1) is 0 Å². The Labute approximate surface area is 155 Å². The van der Waals surface area contributed by atoms with Gasteiger partial charge in [0.15, 0.2) is 5.17 Å². The number of benzene rings is 1. The third-order valence-corrected chi connectivity index (χ3v) is 4.33. The quantitative estimate of drug-likeness (QED) is 0.483. The van der Waals surface area contributed by atoms with Crippen molar-refractivity contribution < 1.29 is 18.0 Å². The molecule has 1 aromatic heterocycles. The molecule has 26 heavy (non-hydrogen) atoms. The van der Waals surface area contributed by atoms with Crippen LogP contribution in [0.1, 0.15) is 11.1 Å². The minimum atomic E-state index is -4.50. The number of pyridine rings is 1. The van der Waals surface area contributed by atoms with Crippen molar-refractivity contribution in [1.29, 1.82) is 0 Å². The summed E-state index contributed by atoms with van der Waals surface area (Å²) in [7, 11) is 0. The number of hydrogen-bond acceptors (Lipinski definition) is 5. The highest BCUT2D eigenvalue weighted by Crippen LogP contribution is 2.33. The Hall–Kier alpha value is -2.39. The van der Waals surface area contributed by atoms with Gasteiger partial charge in [-0.15, -0.1) is 5.10 Å². The van der Waals surface area contributed by atoms with Crippen LogP contribution in [0.3, 0.4) is 0 Å². The number of carbonyl (C=O) groups excluding carboxylic acids is 1. The highest BCUT2D eigenvalue weighted by Gasteiger charge is 2.31. The minimum absolute atomic E-state index is 0.124. The Morgan fingerprint density at radius 3 is 2.58 bits per heavy atom. The van der Waals surface area contributed by atoms with Gasteiger partial charge in [0.25, 0.3) is 0 Å². The molecule has 1 aromatic carbocycles. The van der Waals surface area contributed by atoms with E-state index in [-0.39, 0.29) is 16.8 Å². The fraction of sp³-hybridized carbons (Fsp3) is 0.125. The van der Waals surface area contributed by atoms with Crippen molar-refractivity contribution in [2.75, 3.05) is 5.75 Å². The number of thioether (sulfide) groups is 1. The van der Waals surface area contributed by atoms with E-state index in [9.17, 15) is 18.0 Å². The summed E-state index contributed by atoms with van der Waals surface area (Å²) in [4.78, 5) is 15.0. The van der Waals surface area contributed by atoms with E-state index in [1.54, 1.807) is 24.3 Å². The molecule has 1 amide bonds. The molecule has 1 saturated heterocycles. The molecule has 0 aliphatic carbocycles. The molecule has 3 rings (SSSR count). The smallest absolute Gasteiger partial charge is 0.303 e. The number of aromatic nitrogens is 1. The van der Waals surface area contributed by atoms with E-state index < -0.39 is 11.7 Å². The topological polar surface area (TPSA) is 66.7 Å². The van der Waals surface area contributed by atoms with Crippen molar-refractivity contribution in [1.82, 2.24) is 10.3 Å². The van der Waals surface area contributed by atoms with Crippen molar-refractivity contribution in [3.05, 3.63) is 52.7 Å². The van der Waals surface area contributed by atoms with E-state index in [0.717, 1.165) is 12.1 Å². The van der Waals surface area contributed by atoms with Gasteiger partial charge in [-0.05, 0) is 17.7 Å². The van der Waals surface area contributed by atoms with Crippen molar-refractivity contribution >= 4 is 40.7 Å². The summed E-state index contributed by atoms with van der Waals surface area (Å²) < 4.78 is 38.6. The lowest BCUT2D eigenvalue weighted by molar-refractivity contribution is -0.137. The van der Waals surface area contributed by atoms with Gasteiger partial charge in [-0.25, -0.2) is 4.98 Å². The number of amides is 1. The summed E-state index contributed by atoms with van der Waals surface area (Å²) in [6.07, 6.45) is -3.03. The Bertz CT molecular complexity index is 897. The fourth-order valence-electron chi connectivity index (χ4n) is 2.08. The van der Waals surface area contributed by atoms with Crippen LogP contribution in [0.2, 0.25) is 5.15 Å². The number of alkyl halides is 3. The standard InChI is InChI=1S/C16H10ClF3N4OS/c17-13-6-11(16(18,19)20)5-12(22-13)10-3-1-9(2-4-10)7-21-24-15-23-14(25)8-26-15/h1-7H,8H2,(H,23,24,25). The van der Waals surface area contributed by atoms with Gasteiger partial charge in [0, 0.05) is 5.56 Å². The van der Waals surface area contributed by atoms with Crippen molar-refractivity contribution in [2.24, 2.45) is 10.2 Å². The van der Waals surface area contributed by atoms with Gasteiger partial charge in [-0.2, -0.15) is 18.3 Å². The van der Waals surface area contributed by atoms with Gasteiger partial charge < -0.3 is 5.32 Å². The number of hydrogen-bond donors (Lipinski definition) is 1. The first-order chi connectivity index (χ1) is 12.3. The summed E-state index contributed by atoms with van der Waals surface area (Å²) in [5.41, 5.74) is 0.439. The highest BCUT2D eigenvalue weighted by atomic mass is 35.5. The van der Waals surface area contributed by atoms with Crippen molar-refractivity contribution in [3.63, 3.8) is 0 Å². The average Bonchev–Trinajstić information content (AvgIpc) is 2.99. The van der Waals surface area contributed by atoms with Crippen LogP contribution in [-0.2, 0) is 11.0 Å². The first-order valence-corrected chi connectivity index (χ1v) is 8.56. The zero-order valence-electron chi connectivity index (χ0n) is 12.9. The van der Waals surface area contributed by atoms with Gasteiger partial charge in [0.1, 0.15) is 5.15 Å². The second-order valence-corrected chi connectivity index (χ2v) is 6.52. The second-order valence-electron chi connectivity index (χ2n) is 5.17. The van der Waals surface area contributed by atoms with Crippen LogP contribution in [0.5, 0.6) is 0 Å². The molecule has 0 atom stereocenters. The molecule has 134 valence electrons. The molecule has 1 fully saturated rings. The molecule has 0 saturated carbocycles. The van der Waals surface area contributed by atoms with Crippen molar-refractivity contribution in [2.45, 2.75) is 6.18 Å². The predicted octanol–water partition coefficient (Wildman–Crippen LogP) is 3.97. The maximum absolute atomic E-state index is 12.9. The lowest BCUT2D eigenvalue weighted by Crippen LogP contribution is -2.19. The van der Waals surface area contributed by atoms with Gasteiger partial charge in [0.2, 0.25) is 5.91 Å². The summed E-state index contributed by atoms with van der Waals surface area (Å²) in [5.74, 6) is 0.191. The van der Waals surface area contributed by atoms with Crippen LogP contribution >= 0.6 is 23.4 Å². The zero-order valence-corrected chi connectivity index (χ0v) is 14.5. The Kier molecular flexibility index (Phi) is 5.28. The molecule has 0 radical (unpaired) electrons. The van der Waals surface area contributed by atoms with E-state index in [0.29, 0.717) is 22.0 Å². The minimum Gasteiger partial charge on any atom is -0.303 e. The van der Waals surface area contributed by atoms with E-state index >= 15 is 0 Å². The van der Waals surface area contributed by atoms with Gasteiger partial charge in [-0.1, -0.05) is 47.6 Å². The third-order valence-electron chi connectivity index (χ3n) is 3.27. The summed E-state index contributed by atoms with van der Waals surface area (Å²) >= 11 is 6.95. The average molecular weight is 399 g/mol. The van der Waals surface area contributed by atoms with Crippen molar-refractivity contribution in [3.8, 4) is 11.3 Å². The van der Waals surface area contributed by atoms with Crippen LogP contribution in [0.25, 0.3) is 11.3 Å². The molecule has 2 aromatic rings. The first-order valence-electron chi connectivity index (χ1n) is 7.20. The largest absolute Gasteiger partial charge is 0.416 e. The number of nitrogens with one attached hydrogen (secondary N) is 1. The Balaban J connectivity index is 1.78. The van der Waals surface area contributed by atoms with Crippen LogP contribution in [0.4, 0.5) is 13.2 Å². The molecule has 0 spiro atoms. The Morgan fingerprint density at radius 2 is 1.96 bits per heavy atom. The number of amidine groups is 1. The molecule has 0 bridgehead atoms. The number of halogens is 4. The Morgan fingerprint density at radius 1 is 1.23 bits per heavy atom. The van der Waals surface area contributed by atoms with E-state index in [2.05, 4.69) is 20.5 Å². The highest BCUT2D eigenvalue weighted by molar-refractivity contribution is 8.15. The lowest BCUT2D eigenvalue weighted by atomic mass is 10.1. The summed E-state index contributed by atoms with van der Waals surface area (Å²) in [6.45, 7) is 0. The maximum Gasteiger partial charge on any atom is 0.416 e. The second kappa shape index (κ2) is 7.46. The van der Waals surface area contributed by atoms with E-state index in [1.807, 2.05) is 0 Å². The SMILES string of the molecule is O=C1CSC(=NN=Cc2ccc(-c3cc(C(F)(F)F)cc(Cl)n3)cc2)N1. The summed E-state index contributed by atoms with van der Waals surface area (Å²) in [5, 5.41) is 10.5. The molecule has 5 nitrogen and oxygen atoms in total. The van der Waals surface area contributed by atoms with Crippen LogP contribution < -0.4 is 5.32 Å². The lowest BCUT2D eigenvalue weighted by Gasteiger charge is -2.09. The van der Waals surface area contributed by atoms with Crippen LogP contribution in [-0.4, -0.2) is 28.0 Å². The molecular formula is C16H10ClF3N4OS. The molecule has 1 aliphatic heterocycles. The van der Waals surface area contributed by atoms with Gasteiger partial charge >= 0.3 is 6.18 Å². The number of nitrogens with zero attached hydrogens (tertiary/aromatic N) is 3. The molecular weight excluding hydrogens is 389 g/mol. The van der Waals surface area contributed by atoms with Gasteiger partial charge in [0.05, 0.1) is 23.2 Å². The maximum atomic E-state index is 12.9. The third kappa shape index (κ3) is 4.61. The summed E-state index contributed by atoms with van der Waals surface area (Å²) in [6, 6.07) is 8.27. The van der Waals surface area contributed by atoms with E-state index in [1.165, 1.54) is 18.0 Å². The molecule has 1 N–H and O–H groups in total. The molecule has 1 aliphatic rings. The monoisotopic (exact) mass is 398 g/mol. The number of rotatable bonds is 3. The van der Waals surface area contributed by atoms with E-state index in [4.69, 9.17) is 11.6 Å². The first kappa shape index (κ1) is 18.4. The van der Waals surface area contributed by atoms with Crippen LogP contribution in [0.15, 0.2) is 46.6 Å². The molecule has 10 heteroatoms. The molecule has 2 heterocycles. The predicted molar refractivity (Wildman–Crippen MR) is 95.3 cm³/mol. The number of carbonyl (C=O) groups is 1. The fourth-order valence-corrected chi connectivity index (χ4v) is 2.92. The molecule has 0 unspecified atom stereocenters. The van der Waals surface area contributed by atoms with Gasteiger partial charge in [-0.3, -0.25) is 4.79 Å². The zero-order chi connectivity index (χ0) is 18.7.